The molecule has 1 aliphatic rings. The molecule has 0 aromatic heterocycles. The Kier molecular flexibility index (Phi) is 4.42. The van der Waals surface area contributed by atoms with Crippen molar-refractivity contribution in [3.05, 3.63) is 70.8 Å². The molecule has 0 amide bonds. The predicted octanol–water partition coefficient (Wildman–Crippen LogP) is 4.66. The van der Waals surface area contributed by atoms with Gasteiger partial charge in [0, 0.05) is 34.9 Å². The molecule has 3 rings (SSSR count). The van der Waals surface area contributed by atoms with Gasteiger partial charge in [0.05, 0.1) is 23.3 Å². The number of nitriles is 2. The summed E-state index contributed by atoms with van der Waals surface area (Å²) in [6.45, 7) is 0. The van der Waals surface area contributed by atoms with Crippen LogP contribution in [0, 0.1) is 22.7 Å². The van der Waals surface area contributed by atoms with E-state index in [2.05, 4.69) is 62.4 Å². The fourth-order valence-corrected chi connectivity index (χ4v) is 4.16. The van der Waals surface area contributed by atoms with Crippen LogP contribution in [0.25, 0.3) is 0 Å². The Bertz CT molecular complexity index is 672. The summed E-state index contributed by atoms with van der Waals surface area (Å²) in [7, 11) is 0. The lowest BCUT2D eigenvalue weighted by Gasteiger charge is -2.24. The van der Waals surface area contributed by atoms with E-state index in [0.29, 0.717) is 23.2 Å². The minimum absolute atomic E-state index is 0.369. The van der Waals surface area contributed by atoms with Crippen molar-refractivity contribution >= 4 is 22.9 Å². The summed E-state index contributed by atoms with van der Waals surface area (Å²) in [6.07, 6.45) is 2.19. The normalized spacial score (nSPS) is 21.2. The second kappa shape index (κ2) is 6.48. The molecule has 0 aliphatic carbocycles. The van der Waals surface area contributed by atoms with Gasteiger partial charge < -0.3 is 0 Å². The molecule has 3 nitrogen and oxygen atoms in total. The van der Waals surface area contributed by atoms with Gasteiger partial charge in [-0.2, -0.15) is 10.5 Å². The van der Waals surface area contributed by atoms with Gasteiger partial charge in [0.25, 0.3) is 0 Å². The summed E-state index contributed by atoms with van der Waals surface area (Å²) in [5.74, 6) is 0. The van der Waals surface area contributed by atoms with Gasteiger partial charge in [-0.05, 0) is 48.2 Å². The molecule has 0 saturated carbocycles. The third-order valence-corrected chi connectivity index (χ3v) is 5.50. The third kappa shape index (κ3) is 2.85. The lowest BCUT2D eigenvalue weighted by atomic mass is 10.0. The van der Waals surface area contributed by atoms with Gasteiger partial charge in [-0.3, -0.25) is 0 Å². The molecule has 22 heavy (non-hydrogen) atoms. The van der Waals surface area contributed by atoms with Crippen molar-refractivity contribution in [1.29, 1.82) is 10.5 Å². The fraction of sp³-hybridized carbons (Fsp3) is 0.222. The van der Waals surface area contributed by atoms with E-state index in [-0.39, 0.29) is 0 Å². The van der Waals surface area contributed by atoms with Crippen molar-refractivity contribution in [3.63, 3.8) is 0 Å². The summed E-state index contributed by atoms with van der Waals surface area (Å²) >= 11 is 2.40. The van der Waals surface area contributed by atoms with Crippen molar-refractivity contribution in [3.8, 4) is 12.1 Å². The molecule has 0 radical (unpaired) electrons. The Balaban J connectivity index is 1.80. The largest absolute Gasteiger partial charge is 0.233 e. The van der Waals surface area contributed by atoms with Crippen LogP contribution in [0.2, 0.25) is 0 Å². The van der Waals surface area contributed by atoms with E-state index in [4.69, 9.17) is 10.5 Å². The molecule has 0 N–H and O–H groups in total. The van der Waals surface area contributed by atoms with Crippen molar-refractivity contribution in [2.45, 2.75) is 24.9 Å². The molecule has 0 spiro atoms. The van der Waals surface area contributed by atoms with Crippen LogP contribution in [0.1, 0.15) is 47.2 Å². The molecule has 2 aromatic carbocycles. The molecule has 2 atom stereocenters. The molecule has 0 bridgehead atoms. The average molecular weight is 399 g/mol. The highest BCUT2D eigenvalue weighted by molar-refractivity contribution is 14.1. The van der Waals surface area contributed by atoms with E-state index >= 15 is 0 Å². The second-order valence-electron chi connectivity index (χ2n) is 5.42. The SMILES string of the molecule is N#Cc1ccc(C2CCC(c3ccc(C#N)cc3)N2I)cc1. The highest BCUT2D eigenvalue weighted by Gasteiger charge is 2.33. The Morgan fingerprint density at radius 3 is 1.45 bits per heavy atom. The minimum Gasteiger partial charge on any atom is -0.233 e. The summed E-state index contributed by atoms with van der Waals surface area (Å²) in [5.41, 5.74) is 3.91. The van der Waals surface area contributed by atoms with Crippen molar-refractivity contribution in [2.24, 2.45) is 0 Å². The Morgan fingerprint density at radius 2 is 1.14 bits per heavy atom. The zero-order valence-corrected chi connectivity index (χ0v) is 14.1. The predicted molar refractivity (Wildman–Crippen MR) is 92.9 cm³/mol. The van der Waals surface area contributed by atoms with Crippen molar-refractivity contribution < 1.29 is 0 Å². The number of halogens is 1. The maximum Gasteiger partial charge on any atom is 0.0991 e. The van der Waals surface area contributed by atoms with E-state index in [0.717, 1.165) is 12.8 Å². The van der Waals surface area contributed by atoms with E-state index in [1.54, 1.807) is 0 Å². The van der Waals surface area contributed by atoms with Gasteiger partial charge in [0.1, 0.15) is 0 Å². The van der Waals surface area contributed by atoms with Gasteiger partial charge in [0.2, 0.25) is 0 Å². The summed E-state index contributed by atoms with van der Waals surface area (Å²) in [4.78, 5) is 0. The van der Waals surface area contributed by atoms with E-state index in [1.165, 1.54) is 11.1 Å². The molecule has 2 aromatic rings. The average Bonchev–Trinajstić information content (AvgIpc) is 2.96. The van der Waals surface area contributed by atoms with Crippen LogP contribution in [-0.4, -0.2) is 3.11 Å². The number of hydrogen-bond acceptors (Lipinski definition) is 3. The molecule has 1 heterocycles. The third-order valence-electron chi connectivity index (χ3n) is 4.16. The first-order valence-corrected chi connectivity index (χ1v) is 8.13. The molecule has 1 saturated heterocycles. The lowest BCUT2D eigenvalue weighted by molar-refractivity contribution is 0.406. The van der Waals surface area contributed by atoms with Gasteiger partial charge in [0.15, 0.2) is 0 Å². The summed E-state index contributed by atoms with van der Waals surface area (Å²) in [5, 5.41) is 17.8. The van der Waals surface area contributed by atoms with Crippen LogP contribution in [0.5, 0.6) is 0 Å². The van der Waals surface area contributed by atoms with Crippen LogP contribution in [0.15, 0.2) is 48.5 Å². The quantitative estimate of drug-likeness (QED) is 0.545. The van der Waals surface area contributed by atoms with Crippen LogP contribution < -0.4 is 0 Å². The van der Waals surface area contributed by atoms with Crippen molar-refractivity contribution in [1.82, 2.24) is 3.11 Å². The fourth-order valence-electron chi connectivity index (χ4n) is 2.96. The molecule has 108 valence electrons. The van der Waals surface area contributed by atoms with Crippen LogP contribution >= 0.6 is 22.9 Å². The summed E-state index contributed by atoms with van der Waals surface area (Å²) < 4.78 is 2.36. The number of rotatable bonds is 2. The lowest BCUT2D eigenvalue weighted by Crippen LogP contribution is -2.15. The van der Waals surface area contributed by atoms with Gasteiger partial charge >= 0.3 is 0 Å². The standard InChI is InChI=1S/C18H14IN3/c19-22-17(15-5-1-13(11-20)2-6-15)9-10-18(22)16-7-3-14(12-21)4-8-16/h1-8,17-18H,9-10H2. The first-order valence-electron chi connectivity index (χ1n) is 7.17. The van der Waals surface area contributed by atoms with Crippen LogP contribution in [0.3, 0.4) is 0 Å². The highest BCUT2D eigenvalue weighted by atomic mass is 127. The number of hydrogen-bond donors (Lipinski definition) is 0. The van der Waals surface area contributed by atoms with Crippen LogP contribution in [-0.2, 0) is 0 Å². The van der Waals surface area contributed by atoms with Crippen LogP contribution in [0.4, 0.5) is 0 Å². The molecule has 1 fully saturated rings. The first kappa shape index (κ1) is 15.0. The second-order valence-corrected chi connectivity index (χ2v) is 6.53. The molecule has 2 unspecified atom stereocenters. The highest BCUT2D eigenvalue weighted by Crippen LogP contribution is 2.46. The molecular weight excluding hydrogens is 385 g/mol. The number of nitrogens with zero attached hydrogens (tertiary/aromatic N) is 3. The van der Waals surface area contributed by atoms with Gasteiger partial charge in [-0.15, -0.1) is 0 Å². The molecule has 1 aliphatic heterocycles. The Morgan fingerprint density at radius 1 is 0.773 bits per heavy atom. The first-order chi connectivity index (χ1) is 10.7. The zero-order valence-electron chi connectivity index (χ0n) is 11.9. The van der Waals surface area contributed by atoms with Crippen molar-refractivity contribution in [2.75, 3.05) is 0 Å². The maximum absolute atomic E-state index is 8.89. The van der Waals surface area contributed by atoms with E-state index < -0.39 is 0 Å². The molecule has 4 heteroatoms. The monoisotopic (exact) mass is 399 g/mol. The summed E-state index contributed by atoms with van der Waals surface area (Å²) in [6, 6.07) is 20.8. The zero-order chi connectivity index (χ0) is 15.5. The Labute approximate surface area is 144 Å². The van der Waals surface area contributed by atoms with Gasteiger partial charge in [-0.1, -0.05) is 24.3 Å². The Hall–Kier alpha value is -1.89. The van der Waals surface area contributed by atoms with E-state index in [1.807, 2.05) is 24.3 Å². The number of benzene rings is 2. The smallest absolute Gasteiger partial charge is 0.0991 e. The topological polar surface area (TPSA) is 50.8 Å². The molecular formula is C18H14IN3. The maximum atomic E-state index is 8.89. The van der Waals surface area contributed by atoms with E-state index in [9.17, 15) is 0 Å². The van der Waals surface area contributed by atoms with Gasteiger partial charge in [-0.25, -0.2) is 3.11 Å². The minimum atomic E-state index is 0.369.